The van der Waals surface area contributed by atoms with Crippen molar-refractivity contribution in [3.05, 3.63) is 35.9 Å². The number of nitrogens with zero attached hydrogens (tertiary/aromatic N) is 5. The average Bonchev–Trinajstić information content (AvgIpc) is 3.34. The minimum absolute atomic E-state index is 0.483. The number of aryl methyl sites for hydroxylation is 2. The number of aromatic nitrogens is 5. The first-order valence-corrected chi connectivity index (χ1v) is 8.31. The maximum atomic E-state index is 5.26. The van der Waals surface area contributed by atoms with E-state index in [9.17, 15) is 0 Å². The molecule has 126 valence electrons. The third kappa shape index (κ3) is 2.96. The van der Waals surface area contributed by atoms with Gasteiger partial charge in [0.25, 0.3) is 0 Å². The SMILES string of the molecule is CCc1nnc2n1CC(CNCc1nc(-c3ccco3)no1)CC2. The predicted molar refractivity (Wildman–Crippen MR) is 84.9 cm³/mol. The maximum absolute atomic E-state index is 5.26. The second-order valence-electron chi connectivity index (χ2n) is 6.02. The van der Waals surface area contributed by atoms with Crippen molar-refractivity contribution < 1.29 is 8.94 Å². The molecule has 1 aliphatic rings. The Labute approximate surface area is 139 Å². The van der Waals surface area contributed by atoms with Crippen molar-refractivity contribution in [1.82, 2.24) is 30.2 Å². The molecule has 0 aromatic carbocycles. The molecule has 1 unspecified atom stereocenters. The summed E-state index contributed by atoms with van der Waals surface area (Å²) in [6, 6.07) is 3.61. The van der Waals surface area contributed by atoms with Gasteiger partial charge in [-0.1, -0.05) is 12.1 Å². The van der Waals surface area contributed by atoms with E-state index >= 15 is 0 Å². The van der Waals surface area contributed by atoms with Gasteiger partial charge in [-0.3, -0.25) is 0 Å². The molecular weight excluding hydrogens is 308 g/mol. The molecule has 3 aromatic rings. The van der Waals surface area contributed by atoms with Gasteiger partial charge in [0, 0.05) is 25.9 Å². The summed E-state index contributed by atoms with van der Waals surface area (Å²) in [7, 11) is 0. The zero-order chi connectivity index (χ0) is 16.4. The molecule has 0 radical (unpaired) electrons. The van der Waals surface area contributed by atoms with Crippen LogP contribution in [0, 0.1) is 5.92 Å². The lowest BCUT2D eigenvalue weighted by Gasteiger charge is -2.24. The molecular formula is C16H20N6O2. The summed E-state index contributed by atoms with van der Waals surface area (Å²) in [6.45, 7) is 4.55. The average molecular weight is 328 g/mol. The van der Waals surface area contributed by atoms with Crippen LogP contribution in [-0.2, 0) is 25.9 Å². The lowest BCUT2D eigenvalue weighted by molar-refractivity contribution is 0.323. The Morgan fingerprint density at radius 3 is 3.17 bits per heavy atom. The largest absolute Gasteiger partial charge is 0.461 e. The zero-order valence-corrected chi connectivity index (χ0v) is 13.6. The molecule has 4 heterocycles. The summed E-state index contributed by atoms with van der Waals surface area (Å²) < 4.78 is 12.8. The molecule has 1 aliphatic heterocycles. The smallest absolute Gasteiger partial charge is 0.241 e. The molecule has 0 saturated heterocycles. The fourth-order valence-electron chi connectivity index (χ4n) is 3.09. The first kappa shape index (κ1) is 15.1. The van der Waals surface area contributed by atoms with E-state index in [4.69, 9.17) is 8.94 Å². The lowest BCUT2D eigenvalue weighted by atomic mass is 9.99. The van der Waals surface area contributed by atoms with Crippen molar-refractivity contribution >= 4 is 0 Å². The quantitative estimate of drug-likeness (QED) is 0.737. The van der Waals surface area contributed by atoms with Gasteiger partial charge < -0.3 is 18.8 Å². The molecule has 24 heavy (non-hydrogen) atoms. The van der Waals surface area contributed by atoms with Crippen LogP contribution in [0.2, 0.25) is 0 Å². The van der Waals surface area contributed by atoms with Gasteiger partial charge in [0.05, 0.1) is 12.8 Å². The summed E-state index contributed by atoms with van der Waals surface area (Å²) in [5.74, 6) is 4.42. The summed E-state index contributed by atoms with van der Waals surface area (Å²) in [6.07, 6.45) is 4.63. The van der Waals surface area contributed by atoms with Crippen LogP contribution < -0.4 is 5.32 Å². The van der Waals surface area contributed by atoms with Gasteiger partial charge in [0.1, 0.15) is 11.6 Å². The topological polar surface area (TPSA) is 94.8 Å². The standard InChI is InChI=1S/C16H20N6O2/c1-2-13-19-20-14-6-5-11(10-22(13)14)8-17-9-15-18-16(21-24-15)12-4-3-7-23-12/h3-4,7,11,17H,2,5-6,8-10H2,1H3. The van der Waals surface area contributed by atoms with E-state index in [1.54, 1.807) is 12.3 Å². The Morgan fingerprint density at radius 2 is 2.33 bits per heavy atom. The van der Waals surface area contributed by atoms with Gasteiger partial charge in [0.2, 0.25) is 11.7 Å². The lowest BCUT2D eigenvalue weighted by Crippen LogP contribution is -2.30. The molecule has 8 nitrogen and oxygen atoms in total. The second-order valence-corrected chi connectivity index (χ2v) is 6.02. The fraction of sp³-hybridized carbons (Fsp3) is 0.500. The molecule has 0 amide bonds. The molecule has 0 bridgehead atoms. The van der Waals surface area contributed by atoms with Gasteiger partial charge in [-0.15, -0.1) is 10.2 Å². The van der Waals surface area contributed by atoms with Gasteiger partial charge in [-0.25, -0.2) is 0 Å². The molecule has 0 aliphatic carbocycles. The zero-order valence-electron chi connectivity index (χ0n) is 13.6. The maximum Gasteiger partial charge on any atom is 0.241 e. The molecule has 0 fully saturated rings. The van der Waals surface area contributed by atoms with Crippen molar-refractivity contribution in [3.63, 3.8) is 0 Å². The van der Waals surface area contributed by atoms with Gasteiger partial charge >= 0.3 is 0 Å². The number of nitrogens with one attached hydrogen (secondary N) is 1. The Bertz CT molecular complexity index is 778. The number of fused-ring (bicyclic) bond motifs is 1. The van der Waals surface area contributed by atoms with Gasteiger partial charge in [0.15, 0.2) is 5.76 Å². The minimum Gasteiger partial charge on any atom is -0.461 e. The first-order valence-electron chi connectivity index (χ1n) is 8.31. The van der Waals surface area contributed by atoms with Crippen LogP contribution in [0.3, 0.4) is 0 Å². The molecule has 1 N–H and O–H groups in total. The summed E-state index contributed by atoms with van der Waals surface area (Å²) in [5.41, 5.74) is 0. The van der Waals surface area contributed by atoms with E-state index in [1.165, 1.54) is 0 Å². The molecule has 8 heteroatoms. The molecule has 0 spiro atoms. The van der Waals surface area contributed by atoms with Crippen molar-refractivity contribution in [2.24, 2.45) is 5.92 Å². The Balaban J connectivity index is 1.30. The third-order valence-corrected chi connectivity index (χ3v) is 4.36. The number of hydrogen-bond donors (Lipinski definition) is 1. The number of rotatable bonds is 6. The fourth-order valence-corrected chi connectivity index (χ4v) is 3.09. The molecule has 3 aromatic heterocycles. The van der Waals surface area contributed by atoms with Crippen LogP contribution in [0.1, 0.15) is 30.9 Å². The monoisotopic (exact) mass is 328 g/mol. The van der Waals surface area contributed by atoms with E-state index in [2.05, 4.69) is 37.1 Å². The van der Waals surface area contributed by atoms with Crippen molar-refractivity contribution in [2.45, 2.75) is 39.3 Å². The van der Waals surface area contributed by atoms with Crippen LogP contribution in [-0.4, -0.2) is 31.4 Å². The van der Waals surface area contributed by atoms with Crippen LogP contribution in [0.15, 0.2) is 27.3 Å². The summed E-state index contributed by atoms with van der Waals surface area (Å²) in [4.78, 5) is 4.33. The van der Waals surface area contributed by atoms with Crippen LogP contribution in [0.4, 0.5) is 0 Å². The van der Waals surface area contributed by atoms with Crippen LogP contribution >= 0.6 is 0 Å². The van der Waals surface area contributed by atoms with Gasteiger partial charge in [-0.2, -0.15) is 4.98 Å². The number of hydrogen-bond acceptors (Lipinski definition) is 7. The minimum atomic E-state index is 0.483. The van der Waals surface area contributed by atoms with Crippen LogP contribution in [0.25, 0.3) is 11.6 Å². The van der Waals surface area contributed by atoms with E-state index in [0.717, 1.165) is 44.0 Å². The highest BCUT2D eigenvalue weighted by atomic mass is 16.5. The normalized spacial score (nSPS) is 17.1. The third-order valence-electron chi connectivity index (χ3n) is 4.36. The summed E-state index contributed by atoms with van der Waals surface area (Å²) >= 11 is 0. The Morgan fingerprint density at radius 1 is 1.38 bits per heavy atom. The van der Waals surface area contributed by atoms with Crippen molar-refractivity contribution in [1.29, 1.82) is 0 Å². The number of furan rings is 1. The van der Waals surface area contributed by atoms with Crippen LogP contribution in [0.5, 0.6) is 0 Å². The second kappa shape index (κ2) is 6.56. The van der Waals surface area contributed by atoms with E-state index in [0.29, 0.717) is 29.9 Å². The Kier molecular flexibility index (Phi) is 4.12. The first-order chi connectivity index (χ1) is 11.8. The van der Waals surface area contributed by atoms with Gasteiger partial charge in [-0.05, 0) is 24.5 Å². The summed E-state index contributed by atoms with van der Waals surface area (Å²) in [5, 5.41) is 15.9. The highest BCUT2D eigenvalue weighted by molar-refractivity contribution is 5.44. The van der Waals surface area contributed by atoms with E-state index in [1.807, 2.05) is 6.07 Å². The molecule has 0 saturated carbocycles. The Hall–Kier alpha value is -2.48. The molecule has 1 atom stereocenters. The van der Waals surface area contributed by atoms with Crippen molar-refractivity contribution in [2.75, 3.05) is 6.54 Å². The van der Waals surface area contributed by atoms with E-state index < -0.39 is 0 Å². The highest BCUT2D eigenvalue weighted by Crippen LogP contribution is 2.20. The predicted octanol–water partition coefficient (Wildman–Crippen LogP) is 1.84. The van der Waals surface area contributed by atoms with Crippen molar-refractivity contribution in [3.8, 4) is 11.6 Å². The van der Waals surface area contributed by atoms with E-state index in [-0.39, 0.29) is 0 Å². The highest BCUT2D eigenvalue weighted by Gasteiger charge is 2.22. The molecule has 4 rings (SSSR count).